The largest absolute Gasteiger partial charge is 0.192 e. The van der Waals surface area contributed by atoms with E-state index in [2.05, 4.69) is 246 Å². The maximum Gasteiger partial charge on any atom is 0.0159 e. The Morgan fingerprint density at radius 1 is 0.275 bits per heavy atom. The lowest BCUT2D eigenvalue weighted by atomic mass is 9.79. The summed E-state index contributed by atoms with van der Waals surface area (Å²) in [6, 6.07) is 79.1. The van der Waals surface area contributed by atoms with Gasteiger partial charge in [0, 0.05) is 20.6 Å². The molecule has 0 bridgehead atoms. The summed E-state index contributed by atoms with van der Waals surface area (Å²) in [4.78, 5) is 2.95. The molecule has 0 atom stereocenters. The third kappa shape index (κ3) is 5.66. The predicted molar refractivity (Wildman–Crippen MR) is 297 cm³/mol. The third-order valence-electron chi connectivity index (χ3n) is 16.6. The fraction of sp³-hybridized carbons (Fsp3) is 0.118. The Morgan fingerprint density at radius 3 is 1.43 bits per heavy atom. The zero-order valence-corrected chi connectivity index (χ0v) is 40.9. The Labute approximate surface area is 407 Å². The summed E-state index contributed by atoms with van der Waals surface area (Å²) in [6.45, 7) is 9.62. The molecule has 0 spiro atoms. The van der Waals surface area contributed by atoms with Crippen molar-refractivity contribution < 1.29 is 0 Å². The molecule has 0 unspecified atom stereocenters. The SMILES string of the molecule is CC1(C)c2ccccc2-c2ccc(-c3c4ccc(-c5ccc(-c6cccc7ccccc67)cc5)cc4c(-c4ccc5c(c4)C(C)(C)c4ccccc4-5)c4cc5c(cc34)-c3ccccc3S5(C)C)cc21. The van der Waals surface area contributed by atoms with Crippen molar-refractivity contribution in [2.75, 3.05) is 12.5 Å². The van der Waals surface area contributed by atoms with Crippen LogP contribution < -0.4 is 0 Å². The molecule has 0 fully saturated rings. The highest BCUT2D eigenvalue weighted by Gasteiger charge is 2.38. The summed E-state index contributed by atoms with van der Waals surface area (Å²) in [6.07, 6.45) is 5.00. The summed E-state index contributed by atoms with van der Waals surface area (Å²) >= 11 is 0. The lowest BCUT2D eigenvalue weighted by Crippen LogP contribution is -2.15. The third-order valence-corrected chi connectivity index (χ3v) is 19.4. The zero-order valence-electron chi connectivity index (χ0n) is 40.0. The quantitative estimate of drug-likeness (QED) is 0.154. The molecule has 0 amide bonds. The summed E-state index contributed by atoms with van der Waals surface area (Å²) in [5, 5.41) is 7.74. The van der Waals surface area contributed by atoms with Crippen molar-refractivity contribution >= 4 is 42.3 Å². The number of hydrogen-bond donors (Lipinski definition) is 0. The first-order valence-corrected chi connectivity index (χ1v) is 26.9. The van der Waals surface area contributed by atoms with Crippen molar-refractivity contribution in [3.63, 3.8) is 0 Å². The molecule has 11 aromatic carbocycles. The summed E-state index contributed by atoms with van der Waals surface area (Å²) in [5.74, 6) is 0. The van der Waals surface area contributed by atoms with E-state index in [-0.39, 0.29) is 10.8 Å². The van der Waals surface area contributed by atoms with Gasteiger partial charge in [-0.2, -0.15) is 10.0 Å². The van der Waals surface area contributed by atoms with E-state index in [4.69, 9.17) is 0 Å². The first kappa shape index (κ1) is 40.6. The number of hydrogen-bond acceptors (Lipinski definition) is 0. The Kier molecular flexibility index (Phi) is 8.41. The van der Waals surface area contributed by atoms with Crippen LogP contribution in [0, 0.1) is 0 Å². The van der Waals surface area contributed by atoms with Crippen molar-refractivity contribution in [1.29, 1.82) is 0 Å². The van der Waals surface area contributed by atoms with Crippen LogP contribution in [-0.4, -0.2) is 12.5 Å². The van der Waals surface area contributed by atoms with Crippen LogP contribution in [0.1, 0.15) is 49.9 Å². The van der Waals surface area contributed by atoms with Crippen molar-refractivity contribution in [3.8, 4) is 77.9 Å². The molecule has 330 valence electrons. The van der Waals surface area contributed by atoms with Crippen LogP contribution in [0.4, 0.5) is 0 Å². The van der Waals surface area contributed by atoms with Gasteiger partial charge in [0.25, 0.3) is 0 Å². The second kappa shape index (κ2) is 14.3. The molecule has 0 nitrogen and oxygen atoms in total. The fourth-order valence-corrected chi connectivity index (χ4v) is 15.5. The van der Waals surface area contributed by atoms with Gasteiger partial charge in [0.2, 0.25) is 0 Å². The summed E-state index contributed by atoms with van der Waals surface area (Å²) in [5.41, 5.74) is 23.6. The van der Waals surface area contributed by atoms with Gasteiger partial charge in [-0.05, 0) is 181 Å². The number of fused-ring (bicyclic) bond motifs is 12. The van der Waals surface area contributed by atoms with Gasteiger partial charge in [-0.3, -0.25) is 0 Å². The molecular formula is C68H52S. The first-order chi connectivity index (χ1) is 33.5. The van der Waals surface area contributed by atoms with Gasteiger partial charge < -0.3 is 0 Å². The Balaban J connectivity index is 1.07. The van der Waals surface area contributed by atoms with Crippen molar-refractivity contribution in [2.24, 2.45) is 0 Å². The summed E-state index contributed by atoms with van der Waals surface area (Å²) in [7, 11) is -1.30. The molecule has 0 radical (unpaired) electrons. The van der Waals surface area contributed by atoms with Crippen molar-refractivity contribution in [1.82, 2.24) is 0 Å². The molecule has 69 heavy (non-hydrogen) atoms. The molecule has 2 aliphatic carbocycles. The highest BCUT2D eigenvalue weighted by molar-refractivity contribution is 8.33. The molecule has 1 aliphatic heterocycles. The monoisotopic (exact) mass is 900 g/mol. The molecule has 1 heteroatoms. The minimum atomic E-state index is -1.30. The van der Waals surface area contributed by atoms with E-state index < -0.39 is 10.0 Å². The van der Waals surface area contributed by atoms with Gasteiger partial charge >= 0.3 is 0 Å². The van der Waals surface area contributed by atoms with E-state index in [1.54, 1.807) is 0 Å². The maximum absolute atomic E-state index is 2.63. The average molecular weight is 901 g/mol. The van der Waals surface area contributed by atoms with Crippen molar-refractivity contribution in [3.05, 3.63) is 229 Å². The molecule has 0 N–H and O–H groups in total. The van der Waals surface area contributed by atoms with Crippen LogP contribution in [0.25, 0.3) is 110 Å². The minimum absolute atomic E-state index is 0.124. The van der Waals surface area contributed by atoms with Crippen LogP contribution in [0.2, 0.25) is 0 Å². The van der Waals surface area contributed by atoms with Crippen LogP contribution in [-0.2, 0) is 10.8 Å². The zero-order chi connectivity index (χ0) is 46.6. The number of benzene rings is 11. The van der Waals surface area contributed by atoms with Crippen LogP contribution in [0.15, 0.2) is 216 Å². The molecule has 0 saturated carbocycles. The lowest BCUT2D eigenvalue weighted by molar-refractivity contribution is 0.660. The van der Waals surface area contributed by atoms with E-state index in [0.717, 1.165) is 0 Å². The molecular weight excluding hydrogens is 849 g/mol. The average Bonchev–Trinajstić information content (AvgIpc) is 3.86. The van der Waals surface area contributed by atoms with Gasteiger partial charge in [0.15, 0.2) is 0 Å². The first-order valence-electron chi connectivity index (χ1n) is 24.5. The van der Waals surface area contributed by atoms with E-state index in [9.17, 15) is 0 Å². The standard InChI is InChI=1S/C68H52S/c1-67(2)59-23-12-9-19-49(59)51-33-31-45(37-61(51)67)65-54-35-30-44(41-26-28-43(29-27-41)48-22-15-17-42-16-7-8-18-47(42)48)36-56(54)66(46-32-34-52-50-20-10-13-24-60(50)68(3,4)62(52)38-46)58-40-64-55(39-57(58)65)53-21-11-14-25-63(53)69(64,5)6/h7-40H,1-6H3. The van der Waals surface area contributed by atoms with Crippen LogP contribution >= 0.6 is 10.0 Å². The molecule has 14 rings (SSSR count). The second-order valence-electron chi connectivity index (χ2n) is 21.2. The molecule has 3 aliphatic rings. The topological polar surface area (TPSA) is 0 Å². The van der Waals surface area contributed by atoms with Gasteiger partial charge in [-0.15, -0.1) is 0 Å². The van der Waals surface area contributed by atoms with Gasteiger partial charge in [0.1, 0.15) is 0 Å². The Hall–Kier alpha value is -7.45. The molecule has 1 heterocycles. The molecule has 0 saturated heterocycles. The summed E-state index contributed by atoms with van der Waals surface area (Å²) < 4.78 is 0. The molecule has 11 aromatic rings. The van der Waals surface area contributed by atoms with Crippen LogP contribution in [0.3, 0.4) is 0 Å². The van der Waals surface area contributed by atoms with Gasteiger partial charge in [-0.25, -0.2) is 0 Å². The Bertz CT molecular complexity index is 4020. The highest BCUT2D eigenvalue weighted by Crippen LogP contribution is 2.68. The van der Waals surface area contributed by atoms with E-state index in [1.807, 2.05) is 0 Å². The van der Waals surface area contributed by atoms with Crippen molar-refractivity contribution in [2.45, 2.75) is 48.3 Å². The van der Waals surface area contributed by atoms with Gasteiger partial charge in [-0.1, -0.05) is 198 Å². The van der Waals surface area contributed by atoms with E-state index >= 15 is 0 Å². The highest BCUT2D eigenvalue weighted by atomic mass is 32.3. The van der Waals surface area contributed by atoms with Gasteiger partial charge in [0.05, 0.1) is 0 Å². The molecule has 0 aromatic heterocycles. The van der Waals surface area contributed by atoms with Crippen LogP contribution in [0.5, 0.6) is 0 Å². The van der Waals surface area contributed by atoms with E-state index in [1.165, 1.54) is 142 Å². The smallest absolute Gasteiger partial charge is 0.0159 e. The van der Waals surface area contributed by atoms with E-state index in [0.29, 0.717) is 0 Å². The minimum Gasteiger partial charge on any atom is -0.192 e. The Morgan fingerprint density at radius 2 is 0.754 bits per heavy atom. The normalized spacial score (nSPS) is 15.6. The lowest BCUT2D eigenvalue weighted by Gasteiger charge is -2.29. The number of rotatable bonds is 4. The fourth-order valence-electron chi connectivity index (χ4n) is 13.0. The predicted octanol–water partition coefficient (Wildman–Crippen LogP) is 18.9. The maximum atomic E-state index is 2.63. The second-order valence-corrected chi connectivity index (χ2v) is 24.7.